The van der Waals surface area contributed by atoms with Crippen molar-refractivity contribution >= 4 is 11.6 Å². The molecule has 1 aliphatic heterocycles. The lowest BCUT2D eigenvalue weighted by Gasteiger charge is -2.32. The first kappa shape index (κ1) is 16.4. The Balaban J connectivity index is 1.44. The van der Waals surface area contributed by atoms with Gasteiger partial charge in [0.1, 0.15) is 11.9 Å². The molecule has 126 valence electrons. The summed E-state index contributed by atoms with van der Waals surface area (Å²) in [5, 5.41) is 0. The van der Waals surface area contributed by atoms with Crippen LogP contribution in [-0.4, -0.2) is 30.0 Å². The number of hydrogen-bond donors (Lipinski definition) is 1. The van der Waals surface area contributed by atoms with E-state index in [4.69, 9.17) is 10.5 Å². The highest BCUT2D eigenvalue weighted by Crippen LogP contribution is 2.20. The largest absolute Gasteiger partial charge is 0.490 e. The van der Waals surface area contributed by atoms with E-state index in [1.54, 1.807) is 0 Å². The first-order valence-electron chi connectivity index (χ1n) is 8.55. The van der Waals surface area contributed by atoms with Gasteiger partial charge in [-0.05, 0) is 30.2 Å². The molecule has 0 bridgehead atoms. The van der Waals surface area contributed by atoms with Crippen molar-refractivity contribution < 1.29 is 9.53 Å². The Morgan fingerprint density at radius 3 is 2.42 bits per heavy atom. The van der Waals surface area contributed by atoms with E-state index in [0.29, 0.717) is 12.8 Å². The second-order valence-electron chi connectivity index (χ2n) is 6.21. The van der Waals surface area contributed by atoms with Gasteiger partial charge in [0.15, 0.2) is 0 Å². The van der Waals surface area contributed by atoms with Crippen LogP contribution in [0.25, 0.3) is 0 Å². The van der Waals surface area contributed by atoms with Crippen LogP contribution in [0.15, 0.2) is 54.6 Å². The van der Waals surface area contributed by atoms with Gasteiger partial charge in [-0.3, -0.25) is 4.79 Å². The monoisotopic (exact) mass is 324 g/mol. The number of nitrogens with zero attached hydrogens (tertiary/aromatic N) is 1. The number of aryl methyl sites for hydroxylation is 1. The summed E-state index contributed by atoms with van der Waals surface area (Å²) in [6.07, 6.45) is 3.17. The van der Waals surface area contributed by atoms with Crippen molar-refractivity contribution in [3.63, 3.8) is 0 Å². The molecule has 0 unspecified atom stereocenters. The number of likely N-dealkylation sites (tertiary alicyclic amines) is 1. The third-order valence-electron chi connectivity index (χ3n) is 4.50. The second-order valence-corrected chi connectivity index (χ2v) is 6.21. The van der Waals surface area contributed by atoms with E-state index in [0.717, 1.165) is 42.9 Å². The number of ether oxygens (including phenoxy) is 1. The van der Waals surface area contributed by atoms with E-state index in [1.165, 1.54) is 0 Å². The first-order chi connectivity index (χ1) is 11.7. The van der Waals surface area contributed by atoms with E-state index < -0.39 is 0 Å². The Hall–Kier alpha value is -2.49. The fourth-order valence-corrected chi connectivity index (χ4v) is 3.08. The second kappa shape index (κ2) is 7.86. The topological polar surface area (TPSA) is 55.6 Å². The molecule has 4 nitrogen and oxygen atoms in total. The third kappa shape index (κ3) is 4.28. The first-order valence-corrected chi connectivity index (χ1v) is 8.55. The van der Waals surface area contributed by atoms with Crippen LogP contribution in [-0.2, 0) is 11.2 Å². The van der Waals surface area contributed by atoms with Crippen molar-refractivity contribution in [2.45, 2.75) is 31.8 Å². The fraction of sp³-hybridized carbons (Fsp3) is 0.350. The van der Waals surface area contributed by atoms with Gasteiger partial charge in [-0.1, -0.05) is 36.4 Å². The van der Waals surface area contributed by atoms with Crippen molar-refractivity contribution in [3.05, 3.63) is 60.2 Å². The summed E-state index contributed by atoms with van der Waals surface area (Å²) in [6.45, 7) is 1.53. The van der Waals surface area contributed by atoms with Gasteiger partial charge in [-0.25, -0.2) is 0 Å². The van der Waals surface area contributed by atoms with Gasteiger partial charge < -0.3 is 15.4 Å². The molecule has 0 aliphatic carbocycles. The molecule has 1 amide bonds. The lowest BCUT2D eigenvalue weighted by atomic mass is 10.0. The van der Waals surface area contributed by atoms with Crippen LogP contribution in [0.1, 0.15) is 24.8 Å². The number of anilines is 1. The number of nitrogens with two attached hydrogens (primary N) is 1. The van der Waals surface area contributed by atoms with Crippen molar-refractivity contribution in [2.24, 2.45) is 0 Å². The van der Waals surface area contributed by atoms with Gasteiger partial charge in [0.05, 0.1) is 0 Å². The van der Waals surface area contributed by atoms with Gasteiger partial charge in [-0.15, -0.1) is 0 Å². The highest BCUT2D eigenvalue weighted by atomic mass is 16.5. The SMILES string of the molecule is Nc1ccccc1CCC(=O)N1CCC(Oc2ccccc2)CC1. The predicted octanol–water partition coefficient (Wildman–Crippen LogP) is 3.27. The minimum atomic E-state index is 0.196. The molecular formula is C20H24N2O2. The van der Waals surface area contributed by atoms with Crippen LogP contribution < -0.4 is 10.5 Å². The lowest BCUT2D eigenvalue weighted by Crippen LogP contribution is -2.41. The molecule has 1 saturated heterocycles. The summed E-state index contributed by atoms with van der Waals surface area (Å²) in [4.78, 5) is 14.3. The molecular weight excluding hydrogens is 300 g/mol. The predicted molar refractivity (Wildman–Crippen MR) is 95.8 cm³/mol. The molecule has 2 aromatic carbocycles. The number of amides is 1. The maximum atomic E-state index is 12.4. The summed E-state index contributed by atoms with van der Waals surface area (Å²) in [7, 11) is 0. The number of carbonyl (C=O) groups excluding carboxylic acids is 1. The molecule has 0 aromatic heterocycles. The van der Waals surface area contributed by atoms with E-state index >= 15 is 0 Å². The molecule has 1 aliphatic rings. The van der Waals surface area contributed by atoms with Gasteiger partial charge in [0, 0.05) is 38.0 Å². The molecule has 1 fully saturated rings. The summed E-state index contributed by atoms with van der Waals surface area (Å²) >= 11 is 0. The van der Waals surface area contributed by atoms with E-state index in [-0.39, 0.29) is 12.0 Å². The molecule has 2 N–H and O–H groups in total. The number of benzene rings is 2. The van der Waals surface area contributed by atoms with Crippen LogP contribution >= 0.6 is 0 Å². The van der Waals surface area contributed by atoms with Crippen LogP contribution in [0.2, 0.25) is 0 Å². The maximum absolute atomic E-state index is 12.4. The minimum Gasteiger partial charge on any atom is -0.490 e. The normalized spacial score (nSPS) is 15.2. The zero-order valence-corrected chi connectivity index (χ0v) is 13.9. The Morgan fingerprint density at radius 1 is 1.04 bits per heavy atom. The Kier molecular flexibility index (Phi) is 5.36. The zero-order chi connectivity index (χ0) is 16.8. The third-order valence-corrected chi connectivity index (χ3v) is 4.50. The van der Waals surface area contributed by atoms with Gasteiger partial charge in [-0.2, -0.15) is 0 Å². The smallest absolute Gasteiger partial charge is 0.222 e. The quantitative estimate of drug-likeness (QED) is 0.859. The number of rotatable bonds is 5. The van der Waals surface area contributed by atoms with Crippen LogP contribution in [0, 0.1) is 0 Å². The maximum Gasteiger partial charge on any atom is 0.222 e. The molecule has 4 heteroatoms. The number of carbonyl (C=O) groups is 1. The minimum absolute atomic E-state index is 0.196. The van der Waals surface area contributed by atoms with Crippen LogP contribution in [0.5, 0.6) is 5.75 Å². The molecule has 3 rings (SSSR count). The Bertz CT molecular complexity index is 664. The molecule has 2 aromatic rings. The summed E-state index contributed by atoms with van der Waals surface area (Å²) in [5.74, 6) is 1.11. The highest BCUT2D eigenvalue weighted by molar-refractivity contribution is 5.76. The number of para-hydroxylation sites is 2. The molecule has 1 heterocycles. The van der Waals surface area contributed by atoms with Crippen molar-refractivity contribution in [3.8, 4) is 5.75 Å². The average molecular weight is 324 g/mol. The molecule has 0 saturated carbocycles. The summed E-state index contributed by atoms with van der Waals surface area (Å²) < 4.78 is 5.97. The molecule has 0 radical (unpaired) electrons. The molecule has 0 atom stereocenters. The average Bonchev–Trinajstić information content (AvgIpc) is 2.62. The van der Waals surface area contributed by atoms with E-state index in [2.05, 4.69) is 0 Å². The zero-order valence-electron chi connectivity index (χ0n) is 13.9. The molecule has 24 heavy (non-hydrogen) atoms. The van der Waals surface area contributed by atoms with Gasteiger partial charge >= 0.3 is 0 Å². The summed E-state index contributed by atoms with van der Waals surface area (Å²) in [5.41, 5.74) is 7.75. The number of nitrogen functional groups attached to an aromatic ring is 1. The highest BCUT2D eigenvalue weighted by Gasteiger charge is 2.23. The van der Waals surface area contributed by atoms with E-state index in [1.807, 2.05) is 59.5 Å². The Morgan fingerprint density at radius 2 is 1.71 bits per heavy atom. The van der Waals surface area contributed by atoms with E-state index in [9.17, 15) is 4.79 Å². The van der Waals surface area contributed by atoms with Crippen LogP contribution in [0.4, 0.5) is 5.69 Å². The lowest BCUT2D eigenvalue weighted by molar-refractivity contribution is -0.132. The standard InChI is InChI=1S/C20H24N2O2/c21-19-9-5-4-6-16(19)10-11-20(23)22-14-12-18(13-15-22)24-17-7-2-1-3-8-17/h1-9,18H,10-15,21H2. The Labute approximate surface area is 143 Å². The van der Waals surface area contributed by atoms with Gasteiger partial charge in [0.2, 0.25) is 5.91 Å². The van der Waals surface area contributed by atoms with Crippen molar-refractivity contribution in [1.29, 1.82) is 0 Å². The van der Waals surface area contributed by atoms with Crippen LogP contribution in [0.3, 0.4) is 0 Å². The fourth-order valence-electron chi connectivity index (χ4n) is 3.08. The summed E-state index contributed by atoms with van der Waals surface area (Å²) in [6, 6.07) is 17.6. The molecule has 0 spiro atoms. The van der Waals surface area contributed by atoms with Crippen molar-refractivity contribution in [2.75, 3.05) is 18.8 Å². The van der Waals surface area contributed by atoms with Gasteiger partial charge in [0.25, 0.3) is 0 Å². The van der Waals surface area contributed by atoms with Crippen molar-refractivity contribution in [1.82, 2.24) is 4.90 Å². The number of hydrogen-bond acceptors (Lipinski definition) is 3. The number of piperidine rings is 1.